The Hall–Kier alpha value is -2.92. The Morgan fingerprint density at radius 2 is 2.00 bits per heavy atom. The molecule has 4 rings (SSSR count). The first-order valence-corrected chi connectivity index (χ1v) is 9.51. The first-order chi connectivity index (χ1) is 13.5. The number of carbonyl (C=O) groups excluding carboxylic acids is 1. The zero-order chi connectivity index (χ0) is 19.7. The molecule has 0 spiro atoms. The average molecular weight is 394 g/mol. The summed E-state index contributed by atoms with van der Waals surface area (Å²) in [6.45, 7) is 4.33. The quantitative estimate of drug-likeness (QED) is 0.723. The maximum atomic E-state index is 12.3. The summed E-state index contributed by atoms with van der Waals surface area (Å²) in [4.78, 5) is 21.3. The summed E-state index contributed by atoms with van der Waals surface area (Å²) in [7, 11) is 0. The van der Waals surface area contributed by atoms with Gasteiger partial charge in [-0.15, -0.1) is 0 Å². The predicted molar refractivity (Wildman–Crippen MR) is 109 cm³/mol. The van der Waals surface area contributed by atoms with Gasteiger partial charge in [0.1, 0.15) is 11.9 Å². The third-order valence-corrected chi connectivity index (χ3v) is 5.00. The molecule has 0 radical (unpaired) electrons. The highest BCUT2D eigenvalue weighted by Crippen LogP contribution is 2.33. The summed E-state index contributed by atoms with van der Waals surface area (Å²) in [5.41, 5.74) is 5.40. The minimum absolute atomic E-state index is 0.0915. The fraction of sp³-hybridized carbons (Fsp3) is 0.227. The third-order valence-electron chi connectivity index (χ3n) is 4.75. The van der Waals surface area contributed by atoms with Crippen molar-refractivity contribution in [3.8, 4) is 17.0 Å². The number of halogens is 1. The minimum atomic E-state index is -0.137. The van der Waals surface area contributed by atoms with Gasteiger partial charge in [-0.1, -0.05) is 11.6 Å². The monoisotopic (exact) mass is 393 g/mol. The number of nitrogens with one attached hydrogen (secondary N) is 1. The molecule has 142 valence electrons. The maximum Gasteiger partial charge on any atom is 0.251 e. The van der Waals surface area contributed by atoms with Gasteiger partial charge in [0.25, 0.3) is 5.91 Å². The fourth-order valence-electron chi connectivity index (χ4n) is 3.30. The third kappa shape index (κ3) is 3.85. The number of amides is 1. The smallest absolute Gasteiger partial charge is 0.251 e. The first kappa shape index (κ1) is 18.4. The molecule has 1 atom stereocenters. The van der Waals surface area contributed by atoms with Gasteiger partial charge in [-0.25, -0.2) is 4.98 Å². The molecular formula is C22H20ClN3O2. The molecule has 1 aliphatic rings. The van der Waals surface area contributed by atoms with Crippen molar-refractivity contribution in [3.63, 3.8) is 0 Å². The highest BCUT2D eigenvalue weighted by Gasteiger charge is 2.24. The number of benzene rings is 2. The Kier molecular flexibility index (Phi) is 5.01. The van der Waals surface area contributed by atoms with E-state index in [9.17, 15) is 4.79 Å². The molecule has 0 fully saturated rings. The topological polar surface area (TPSA) is 64.1 Å². The number of fused-ring (bicyclic) bond motifs is 1. The highest BCUT2D eigenvalue weighted by molar-refractivity contribution is 6.30. The predicted octanol–water partition coefficient (Wildman–Crippen LogP) is 4.15. The molecule has 2 aromatic carbocycles. The van der Waals surface area contributed by atoms with Crippen LogP contribution in [-0.2, 0) is 6.42 Å². The zero-order valence-electron chi connectivity index (χ0n) is 15.7. The van der Waals surface area contributed by atoms with Gasteiger partial charge in [0.15, 0.2) is 0 Å². The number of hydrogen-bond acceptors (Lipinski definition) is 4. The number of hydrogen-bond donors (Lipinski definition) is 1. The minimum Gasteiger partial charge on any atom is -0.488 e. The van der Waals surface area contributed by atoms with Gasteiger partial charge in [0.2, 0.25) is 0 Å². The van der Waals surface area contributed by atoms with Gasteiger partial charge in [-0.3, -0.25) is 9.78 Å². The van der Waals surface area contributed by atoms with Crippen molar-refractivity contribution >= 4 is 17.5 Å². The van der Waals surface area contributed by atoms with Crippen LogP contribution >= 0.6 is 11.6 Å². The van der Waals surface area contributed by atoms with E-state index >= 15 is 0 Å². The first-order valence-electron chi connectivity index (χ1n) is 9.13. The number of aromatic nitrogens is 2. The maximum absolute atomic E-state index is 12.3. The lowest BCUT2D eigenvalue weighted by molar-refractivity contribution is 0.0933. The Morgan fingerprint density at radius 3 is 2.79 bits per heavy atom. The lowest BCUT2D eigenvalue weighted by Gasteiger charge is -2.12. The number of aryl methyl sites for hydroxylation is 2. The normalized spacial score (nSPS) is 15.0. The number of nitrogens with zero attached hydrogens (tertiary/aromatic N) is 2. The van der Waals surface area contributed by atoms with E-state index < -0.39 is 0 Å². The second-order valence-electron chi connectivity index (χ2n) is 6.93. The molecule has 2 heterocycles. The lowest BCUT2D eigenvalue weighted by Crippen LogP contribution is -2.34. The molecule has 1 aromatic heterocycles. The Labute approximate surface area is 168 Å². The Morgan fingerprint density at radius 1 is 1.21 bits per heavy atom. The van der Waals surface area contributed by atoms with Crippen LogP contribution in [0.3, 0.4) is 0 Å². The van der Waals surface area contributed by atoms with Gasteiger partial charge in [0, 0.05) is 28.8 Å². The van der Waals surface area contributed by atoms with Crippen LogP contribution in [0.5, 0.6) is 5.75 Å². The molecule has 0 unspecified atom stereocenters. The molecule has 1 amide bonds. The summed E-state index contributed by atoms with van der Waals surface area (Å²) in [6, 6.07) is 12.9. The summed E-state index contributed by atoms with van der Waals surface area (Å²) >= 11 is 5.86. The van der Waals surface area contributed by atoms with E-state index in [0.29, 0.717) is 17.1 Å². The van der Waals surface area contributed by atoms with Crippen molar-refractivity contribution in [3.05, 3.63) is 76.2 Å². The van der Waals surface area contributed by atoms with E-state index in [0.717, 1.165) is 40.4 Å². The van der Waals surface area contributed by atoms with Crippen LogP contribution < -0.4 is 10.1 Å². The molecule has 0 bridgehead atoms. The second-order valence-corrected chi connectivity index (χ2v) is 7.37. The lowest BCUT2D eigenvalue weighted by atomic mass is 10.0. The van der Waals surface area contributed by atoms with Gasteiger partial charge in [0.05, 0.1) is 23.6 Å². The molecule has 0 saturated heterocycles. The van der Waals surface area contributed by atoms with Crippen LogP contribution in [0, 0.1) is 13.8 Å². The van der Waals surface area contributed by atoms with Crippen molar-refractivity contribution < 1.29 is 9.53 Å². The van der Waals surface area contributed by atoms with Crippen molar-refractivity contribution in [2.24, 2.45) is 0 Å². The highest BCUT2D eigenvalue weighted by atomic mass is 35.5. The van der Waals surface area contributed by atoms with Crippen LogP contribution in [-0.4, -0.2) is 28.5 Å². The molecule has 28 heavy (non-hydrogen) atoms. The largest absolute Gasteiger partial charge is 0.488 e. The molecule has 6 heteroatoms. The molecule has 3 aromatic rings. The van der Waals surface area contributed by atoms with Crippen LogP contribution in [0.2, 0.25) is 5.02 Å². The van der Waals surface area contributed by atoms with E-state index in [-0.39, 0.29) is 12.0 Å². The Balaban J connectivity index is 1.43. The number of rotatable bonds is 4. The summed E-state index contributed by atoms with van der Waals surface area (Å²) < 4.78 is 5.99. The van der Waals surface area contributed by atoms with Crippen LogP contribution in [0.4, 0.5) is 0 Å². The van der Waals surface area contributed by atoms with Crippen molar-refractivity contribution in [1.29, 1.82) is 0 Å². The van der Waals surface area contributed by atoms with Crippen LogP contribution in [0.15, 0.2) is 48.7 Å². The second kappa shape index (κ2) is 7.60. The van der Waals surface area contributed by atoms with Crippen molar-refractivity contribution in [1.82, 2.24) is 15.3 Å². The van der Waals surface area contributed by atoms with E-state index in [1.165, 1.54) is 0 Å². The average Bonchev–Trinajstić information content (AvgIpc) is 3.10. The Bertz CT molecular complexity index is 1030. The molecule has 0 saturated carbocycles. The van der Waals surface area contributed by atoms with E-state index in [4.69, 9.17) is 16.3 Å². The van der Waals surface area contributed by atoms with Crippen molar-refractivity contribution in [2.45, 2.75) is 26.4 Å². The van der Waals surface area contributed by atoms with Gasteiger partial charge in [-0.2, -0.15) is 0 Å². The van der Waals surface area contributed by atoms with Gasteiger partial charge in [-0.05, 0) is 61.9 Å². The SMILES string of the molecule is Cc1cnc(C)c(-c2ccc3c(c2)C[C@H](CNC(=O)c2ccc(Cl)cc2)O3)n1. The number of ether oxygens (including phenoxy) is 1. The number of carbonyl (C=O) groups is 1. The zero-order valence-corrected chi connectivity index (χ0v) is 16.5. The van der Waals surface area contributed by atoms with Crippen LogP contribution in [0.1, 0.15) is 27.3 Å². The standard InChI is InChI=1S/C22H20ClN3O2/c1-13-11-24-14(2)21(26-13)16-5-8-20-17(9-16)10-19(28-20)12-25-22(27)15-3-6-18(23)7-4-15/h3-9,11,19H,10,12H2,1-2H3,(H,25,27)/t19-/m1/s1. The summed E-state index contributed by atoms with van der Waals surface area (Å²) in [6.07, 6.45) is 2.42. The van der Waals surface area contributed by atoms with E-state index in [1.54, 1.807) is 30.5 Å². The molecular weight excluding hydrogens is 374 g/mol. The van der Waals surface area contributed by atoms with Gasteiger partial charge >= 0.3 is 0 Å². The molecule has 0 aliphatic carbocycles. The van der Waals surface area contributed by atoms with Crippen molar-refractivity contribution in [2.75, 3.05) is 6.54 Å². The fourth-order valence-corrected chi connectivity index (χ4v) is 3.43. The summed E-state index contributed by atoms with van der Waals surface area (Å²) in [5, 5.41) is 3.54. The van der Waals surface area contributed by atoms with E-state index in [2.05, 4.69) is 21.4 Å². The molecule has 1 aliphatic heterocycles. The van der Waals surface area contributed by atoms with E-state index in [1.807, 2.05) is 26.0 Å². The summed E-state index contributed by atoms with van der Waals surface area (Å²) in [5.74, 6) is 0.718. The molecule has 1 N–H and O–H groups in total. The molecule has 5 nitrogen and oxygen atoms in total. The van der Waals surface area contributed by atoms with Gasteiger partial charge < -0.3 is 10.1 Å². The van der Waals surface area contributed by atoms with Crippen LogP contribution in [0.25, 0.3) is 11.3 Å².